The maximum atomic E-state index is 13.9. The lowest BCUT2D eigenvalue weighted by Crippen LogP contribution is -2.37. The van der Waals surface area contributed by atoms with Gasteiger partial charge in [0.1, 0.15) is 0 Å². The number of rotatable bonds is 6. The third-order valence-electron chi connectivity index (χ3n) is 3.66. The van der Waals surface area contributed by atoms with Crippen molar-refractivity contribution in [3.05, 3.63) is 29.3 Å². The Balaban J connectivity index is 1.82. The average molecular weight is 299 g/mol. The highest BCUT2D eigenvalue weighted by molar-refractivity contribution is 5.32. The fourth-order valence-electron chi connectivity index (χ4n) is 2.34. The summed E-state index contributed by atoms with van der Waals surface area (Å²) in [6, 6.07) is 2.70. The molecule has 0 radical (unpaired) electrons. The standard InChI is InChI=1S/C16H23F2NO2/c1-12(2)13-10-14(17)16(15(18)11-13)21-7-3-4-19-5-8-20-9-6-19/h10-12H,3-9H2,1-2H3. The van der Waals surface area contributed by atoms with Gasteiger partial charge in [-0.05, 0) is 30.0 Å². The number of benzene rings is 1. The Morgan fingerprint density at radius 2 is 1.81 bits per heavy atom. The minimum absolute atomic E-state index is 0.0874. The van der Waals surface area contributed by atoms with Gasteiger partial charge < -0.3 is 9.47 Å². The van der Waals surface area contributed by atoms with E-state index in [1.165, 1.54) is 12.1 Å². The molecule has 0 atom stereocenters. The summed E-state index contributed by atoms with van der Waals surface area (Å²) in [6.45, 7) is 8.29. The number of hydrogen-bond acceptors (Lipinski definition) is 3. The van der Waals surface area contributed by atoms with E-state index < -0.39 is 11.6 Å². The van der Waals surface area contributed by atoms with Crippen LogP contribution in [0.1, 0.15) is 31.7 Å². The second kappa shape index (κ2) is 7.71. The van der Waals surface area contributed by atoms with E-state index in [1.54, 1.807) is 0 Å². The molecule has 0 saturated carbocycles. The van der Waals surface area contributed by atoms with E-state index in [0.29, 0.717) is 12.2 Å². The third-order valence-corrected chi connectivity index (χ3v) is 3.66. The predicted molar refractivity (Wildman–Crippen MR) is 77.8 cm³/mol. The van der Waals surface area contributed by atoms with Crippen LogP contribution in [0.2, 0.25) is 0 Å². The molecule has 118 valence electrons. The quantitative estimate of drug-likeness (QED) is 0.753. The van der Waals surface area contributed by atoms with Gasteiger partial charge in [-0.15, -0.1) is 0 Å². The molecule has 1 aliphatic heterocycles. The van der Waals surface area contributed by atoms with Crippen LogP contribution in [0, 0.1) is 11.6 Å². The second-order valence-corrected chi connectivity index (χ2v) is 5.62. The third kappa shape index (κ3) is 4.64. The van der Waals surface area contributed by atoms with E-state index in [0.717, 1.165) is 39.3 Å². The van der Waals surface area contributed by atoms with Crippen LogP contribution >= 0.6 is 0 Å². The molecule has 5 heteroatoms. The fraction of sp³-hybridized carbons (Fsp3) is 0.625. The Kier molecular flexibility index (Phi) is 5.94. The summed E-state index contributed by atoms with van der Waals surface area (Å²) in [6.07, 6.45) is 0.741. The Bertz CT molecular complexity index is 437. The van der Waals surface area contributed by atoms with E-state index in [-0.39, 0.29) is 11.7 Å². The SMILES string of the molecule is CC(C)c1cc(F)c(OCCCN2CCOCC2)c(F)c1. The Morgan fingerprint density at radius 3 is 2.38 bits per heavy atom. The van der Waals surface area contributed by atoms with Crippen LogP contribution in [0.25, 0.3) is 0 Å². The average Bonchev–Trinajstić information content (AvgIpc) is 2.46. The summed E-state index contributed by atoms with van der Waals surface area (Å²) in [5.74, 6) is -1.42. The van der Waals surface area contributed by atoms with Gasteiger partial charge in [-0.2, -0.15) is 0 Å². The zero-order valence-corrected chi connectivity index (χ0v) is 12.7. The van der Waals surface area contributed by atoms with E-state index in [4.69, 9.17) is 9.47 Å². The molecule has 1 aliphatic rings. The smallest absolute Gasteiger partial charge is 0.190 e. The van der Waals surface area contributed by atoms with Gasteiger partial charge in [0.2, 0.25) is 0 Å². The monoisotopic (exact) mass is 299 g/mol. The molecule has 1 heterocycles. The van der Waals surface area contributed by atoms with Gasteiger partial charge in [-0.1, -0.05) is 13.8 Å². The Morgan fingerprint density at radius 1 is 1.19 bits per heavy atom. The molecule has 0 aliphatic carbocycles. The molecule has 0 N–H and O–H groups in total. The van der Waals surface area contributed by atoms with Gasteiger partial charge >= 0.3 is 0 Å². The molecule has 0 unspecified atom stereocenters. The van der Waals surface area contributed by atoms with Crippen LogP contribution < -0.4 is 4.74 Å². The first-order valence-electron chi connectivity index (χ1n) is 7.49. The highest BCUT2D eigenvalue weighted by atomic mass is 19.1. The van der Waals surface area contributed by atoms with Gasteiger partial charge in [-0.3, -0.25) is 4.90 Å². The first-order chi connectivity index (χ1) is 10.1. The lowest BCUT2D eigenvalue weighted by molar-refractivity contribution is 0.0356. The van der Waals surface area contributed by atoms with Crippen LogP contribution in [0.3, 0.4) is 0 Å². The molecule has 0 bridgehead atoms. The largest absolute Gasteiger partial charge is 0.488 e. The van der Waals surface area contributed by atoms with Crippen LogP contribution in [-0.2, 0) is 4.74 Å². The highest BCUT2D eigenvalue weighted by Crippen LogP contribution is 2.26. The van der Waals surface area contributed by atoms with Gasteiger partial charge in [0.15, 0.2) is 17.4 Å². The van der Waals surface area contributed by atoms with Crippen LogP contribution in [0.4, 0.5) is 8.78 Å². The summed E-state index contributed by atoms with van der Waals surface area (Å²) >= 11 is 0. The van der Waals surface area contributed by atoms with Crippen LogP contribution in [0.15, 0.2) is 12.1 Å². The zero-order chi connectivity index (χ0) is 15.2. The van der Waals surface area contributed by atoms with Crippen molar-refractivity contribution in [1.29, 1.82) is 0 Å². The van der Waals surface area contributed by atoms with E-state index in [2.05, 4.69) is 4.90 Å². The van der Waals surface area contributed by atoms with Crippen molar-refractivity contribution in [2.45, 2.75) is 26.2 Å². The molecule has 2 rings (SSSR count). The summed E-state index contributed by atoms with van der Waals surface area (Å²) in [4.78, 5) is 2.27. The number of ether oxygens (including phenoxy) is 2. The first-order valence-corrected chi connectivity index (χ1v) is 7.49. The van der Waals surface area contributed by atoms with Crippen molar-refractivity contribution in [2.24, 2.45) is 0 Å². The molecule has 1 saturated heterocycles. The number of halogens is 2. The molecule has 0 spiro atoms. The van der Waals surface area contributed by atoms with E-state index in [9.17, 15) is 8.78 Å². The van der Waals surface area contributed by atoms with Crippen molar-refractivity contribution < 1.29 is 18.3 Å². The molecule has 1 fully saturated rings. The van der Waals surface area contributed by atoms with Gasteiger partial charge in [-0.25, -0.2) is 8.78 Å². The lowest BCUT2D eigenvalue weighted by atomic mass is 10.0. The van der Waals surface area contributed by atoms with Gasteiger partial charge in [0.25, 0.3) is 0 Å². The normalized spacial score (nSPS) is 16.4. The topological polar surface area (TPSA) is 21.7 Å². The maximum absolute atomic E-state index is 13.9. The Hall–Kier alpha value is -1.20. The first kappa shape index (κ1) is 16.2. The number of hydrogen-bond donors (Lipinski definition) is 0. The molecule has 0 aromatic heterocycles. The zero-order valence-electron chi connectivity index (χ0n) is 12.7. The van der Waals surface area contributed by atoms with Crippen molar-refractivity contribution in [3.8, 4) is 5.75 Å². The van der Waals surface area contributed by atoms with Crippen molar-refractivity contribution in [3.63, 3.8) is 0 Å². The molecule has 0 amide bonds. The van der Waals surface area contributed by atoms with Crippen molar-refractivity contribution in [2.75, 3.05) is 39.5 Å². The molecular formula is C16H23F2NO2. The lowest BCUT2D eigenvalue weighted by Gasteiger charge is -2.26. The molecule has 3 nitrogen and oxygen atoms in total. The Labute approximate surface area is 124 Å². The van der Waals surface area contributed by atoms with Crippen LogP contribution in [0.5, 0.6) is 5.75 Å². The molecular weight excluding hydrogens is 276 g/mol. The second-order valence-electron chi connectivity index (χ2n) is 5.62. The van der Waals surface area contributed by atoms with Gasteiger partial charge in [0.05, 0.1) is 19.8 Å². The highest BCUT2D eigenvalue weighted by Gasteiger charge is 2.15. The summed E-state index contributed by atoms with van der Waals surface area (Å²) in [5.41, 5.74) is 0.644. The minimum Gasteiger partial charge on any atom is -0.488 e. The predicted octanol–water partition coefficient (Wildman–Crippen LogP) is 3.19. The maximum Gasteiger partial charge on any atom is 0.190 e. The van der Waals surface area contributed by atoms with Crippen LogP contribution in [-0.4, -0.2) is 44.4 Å². The summed E-state index contributed by atoms with van der Waals surface area (Å²) in [5, 5.41) is 0. The van der Waals surface area contributed by atoms with E-state index in [1.807, 2.05) is 13.8 Å². The van der Waals surface area contributed by atoms with Crippen molar-refractivity contribution in [1.82, 2.24) is 4.90 Å². The summed E-state index contributed by atoms with van der Waals surface area (Å²) < 4.78 is 38.3. The molecule has 1 aromatic carbocycles. The van der Waals surface area contributed by atoms with Gasteiger partial charge in [0, 0.05) is 19.6 Å². The minimum atomic E-state index is -0.620. The summed E-state index contributed by atoms with van der Waals surface area (Å²) in [7, 11) is 0. The molecule has 1 aromatic rings. The number of nitrogens with zero attached hydrogens (tertiary/aromatic N) is 1. The fourth-order valence-corrected chi connectivity index (χ4v) is 2.34. The van der Waals surface area contributed by atoms with Crippen molar-refractivity contribution >= 4 is 0 Å². The number of morpholine rings is 1. The molecule has 21 heavy (non-hydrogen) atoms. The van der Waals surface area contributed by atoms with E-state index >= 15 is 0 Å².